The monoisotopic (exact) mass is 371 g/mol. The maximum Gasteiger partial charge on any atom is 0.573 e. The van der Waals surface area contributed by atoms with Crippen LogP contribution in [0.4, 0.5) is 26.3 Å². The Balaban J connectivity index is 3.37. The van der Waals surface area contributed by atoms with Crippen molar-refractivity contribution in [1.82, 2.24) is 4.98 Å². The minimum absolute atomic E-state index is 0.148. The molecule has 0 amide bonds. The molecule has 0 saturated carbocycles. The standard InChI is InChI=1S/C8H4F6INO/c1-3-4(15)2-16-6(7(9,10)11)5(3)17-8(12,13)14/h2H,1H3. The molecule has 0 radical (unpaired) electrons. The van der Waals surface area contributed by atoms with Crippen LogP contribution in [0.1, 0.15) is 11.3 Å². The summed E-state index contributed by atoms with van der Waals surface area (Å²) in [5, 5.41) is 0. The Morgan fingerprint density at radius 3 is 2.12 bits per heavy atom. The van der Waals surface area contributed by atoms with Crippen LogP contribution in [-0.2, 0) is 6.18 Å². The van der Waals surface area contributed by atoms with E-state index in [0.717, 1.165) is 13.1 Å². The molecular weight excluding hydrogens is 367 g/mol. The van der Waals surface area contributed by atoms with E-state index in [2.05, 4.69) is 9.72 Å². The van der Waals surface area contributed by atoms with Crippen LogP contribution in [-0.4, -0.2) is 11.3 Å². The quantitative estimate of drug-likeness (QED) is 0.552. The minimum atomic E-state index is -5.20. The van der Waals surface area contributed by atoms with Gasteiger partial charge in [-0.25, -0.2) is 4.98 Å². The number of pyridine rings is 1. The third-order valence-electron chi connectivity index (χ3n) is 1.71. The van der Waals surface area contributed by atoms with Crippen molar-refractivity contribution in [1.29, 1.82) is 0 Å². The third-order valence-corrected chi connectivity index (χ3v) is 2.79. The van der Waals surface area contributed by atoms with E-state index in [1.54, 1.807) is 22.6 Å². The van der Waals surface area contributed by atoms with Gasteiger partial charge in [-0.3, -0.25) is 0 Å². The van der Waals surface area contributed by atoms with Gasteiger partial charge < -0.3 is 4.74 Å². The zero-order chi connectivity index (χ0) is 13.4. The van der Waals surface area contributed by atoms with E-state index >= 15 is 0 Å². The molecule has 0 aromatic carbocycles. The number of hydrogen-bond acceptors (Lipinski definition) is 2. The molecule has 9 heteroatoms. The smallest absolute Gasteiger partial charge is 0.403 e. The van der Waals surface area contributed by atoms with E-state index < -0.39 is 24.0 Å². The van der Waals surface area contributed by atoms with Crippen LogP contribution in [0.2, 0.25) is 0 Å². The predicted octanol–water partition coefficient (Wildman–Crippen LogP) is 3.91. The van der Waals surface area contributed by atoms with Gasteiger partial charge in [0.2, 0.25) is 0 Å². The highest BCUT2D eigenvalue weighted by atomic mass is 127. The highest BCUT2D eigenvalue weighted by Gasteiger charge is 2.42. The van der Waals surface area contributed by atoms with Crippen LogP contribution in [0.25, 0.3) is 0 Å². The molecule has 1 rings (SSSR count). The Hall–Kier alpha value is -0.740. The Morgan fingerprint density at radius 1 is 1.18 bits per heavy atom. The van der Waals surface area contributed by atoms with Gasteiger partial charge in [-0.1, -0.05) is 0 Å². The molecule has 0 fully saturated rings. The van der Waals surface area contributed by atoms with E-state index in [9.17, 15) is 26.3 Å². The molecule has 96 valence electrons. The van der Waals surface area contributed by atoms with Crippen molar-refractivity contribution in [3.63, 3.8) is 0 Å². The van der Waals surface area contributed by atoms with Crippen LogP contribution in [0.15, 0.2) is 6.20 Å². The van der Waals surface area contributed by atoms with Gasteiger partial charge in [-0.05, 0) is 29.5 Å². The Bertz CT molecular complexity index is 427. The van der Waals surface area contributed by atoms with Crippen molar-refractivity contribution >= 4 is 22.6 Å². The number of hydrogen-bond donors (Lipinski definition) is 0. The van der Waals surface area contributed by atoms with E-state index in [0.29, 0.717) is 0 Å². The van der Waals surface area contributed by atoms with Crippen molar-refractivity contribution in [2.24, 2.45) is 0 Å². The number of aromatic nitrogens is 1. The second-order valence-corrected chi connectivity index (χ2v) is 4.12. The Labute approximate surface area is 105 Å². The van der Waals surface area contributed by atoms with Gasteiger partial charge >= 0.3 is 12.5 Å². The molecule has 1 aromatic heterocycles. The van der Waals surface area contributed by atoms with Crippen LogP contribution in [0.5, 0.6) is 5.75 Å². The first-order chi connectivity index (χ1) is 7.52. The van der Waals surface area contributed by atoms with Gasteiger partial charge in [0.1, 0.15) is 0 Å². The molecule has 2 nitrogen and oxygen atoms in total. The zero-order valence-corrected chi connectivity index (χ0v) is 10.2. The first kappa shape index (κ1) is 14.3. The number of halogens is 7. The van der Waals surface area contributed by atoms with Crippen LogP contribution < -0.4 is 4.74 Å². The molecule has 0 N–H and O–H groups in total. The molecule has 0 aliphatic rings. The fraction of sp³-hybridized carbons (Fsp3) is 0.375. The molecule has 0 unspecified atom stereocenters. The highest BCUT2D eigenvalue weighted by Crippen LogP contribution is 2.39. The molecule has 0 aliphatic carbocycles. The molecule has 0 aliphatic heterocycles. The average Bonchev–Trinajstić information content (AvgIpc) is 2.08. The second kappa shape index (κ2) is 4.50. The minimum Gasteiger partial charge on any atom is -0.403 e. The zero-order valence-electron chi connectivity index (χ0n) is 8.08. The second-order valence-electron chi connectivity index (χ2n) is 2.95. The SMILES string of the molecule is Cc1c(I)cnc(C(F)(F)F)c1OC(F)(F)F. The molecule has 17 heavy (non-hydrogen) atoms. The van der Waals surface area contributed by atoms with Crippen molar-refractivity contribution in [3.05, 3.63) is 21.0 Å². The van der Waals surface area contributed by atoms with Gasteiger partial charge in [-0.15, -0.1) is 13.2 Å². The fourth-order valence-corrected chi connectivity index (χ4v) is 1.39. The van der Waals surface area contributed by atoms with Crippen molar-refractivity contribution in [3.8, 4) is 5.75 Å². The molecule has 0 atom stereocenters. The fourth-order valence-electron chi connectivity index (χ4n) is 1.01. The van der Waals surface area contributed by atoms with Crippen LogP contribution >= 0.6 is 22.6 Å². The molecular formula is C8H4F6INO. The summed E-state index contributed by atoms with van der Waals surface area (Å²) in [6.45, 7) is 1.10. The molecule has 0 bridgehead atoms. The van der Waals surface area contributed by atoms with Gasteiger partial charge in [0.05, 0.1) is 0 Å². The summed E-state index contributed by atoms with van der Waals surface area (Å²) >= 11 is 1.57. The number of ether oxygens (including phenoxy) is 1. The topological polar surface area (TPSA) is 22.1 Å². The average molecular weight is 371 g/mol. The molecule has 0 spiro atoms. The number of alkyl halides is 6. The summed E-state index contributed by atoms with van der Waals surface area (Å²) in [6, 6.07) is 0. The largest absolute Gasteiger partial charge is 0.573 e. The van der Waals surface area contributed by atoms with Gasteiger partial charge in [-0.2, -0.15) is 13.2 Å². The van der Waals surface area contributed by atoms with E-state index in [4.69, 9.17) is 0 Å². The summed E-state index contributed by atoms with van der Waals surface area (Å²) in [5.41, 5.74) is -1.95. The summed E-state index contributed by atoms with van der Waals surface area (Å²) < 4.78 is 76.8. The molecule has 1 heterocycles. The van der Waals surface area contributed by atoms with Crippen LogP contribution in [0, 0.1) is 10.5 Å². The molecule has 0 saturated heterocycles. The lowest BCUT2D eigenvalue weighted by Crippen LogP contribution is -2.22. The Morgan fingerprint density at radius 2 is 1.71 bits per heavy atom. The van der Waals surface area contributed by atoms with Gasteiger partial charge in [0.25, 0.3) is 0 Å². The predicted molar refractivity (Wildman–Crippen MR) is 53.4 cm³/mol. The van der Waals surface area contributed by atoms with Crippen molar-refractivity contribution in [2.75, 3.05) is 0 Å². The summed E-state index contributed by atoms with van der Waals surface area (Å²) in [7, 11) is 0. The van der Waals surface area contributed by atoms with E-state index in [1.165, 1.54) is 0 Å². The van der Waals surface area contributed by atoms with E-state index in [1.807, 2.05) is 0 Å². The van der Waals surface area contributed by atoms with Crippen LogP contribution in [0.3, 0.4) is 0 Å². The maximum absolute atomic E-state index is 12.4. The highest BCUT2D eigenvalue weighted by molar-refractivity contribution is 14.1. The maximum atomic E-state index is 12.4. The summed E-state index contributed by atoms with van der Waals surface area (Å²) in [5.74, 6) is -1.31. The van der Waals surface area contributed by atoms with Gasteiger partial charge in [0.15, 0.2) is 11.4 Å². The summed E-state index contributed by atoms with van der Waals surface area (Å²) in [6.07, 6.45) is -9.37. The normalized spacial score (nSPS) is 12.7. The van der Waals surface area contributed by atoms with Gasteiger partial charge in [0, 0.05) is 15.3 Å². The summed E-state index contributed by atoms with van der Waals surface area (Å²) in [4.78, 5) is 2.94. The lowest BCUT2D eigenvalue weighted by Gasteiger charge is -2.17. The molecule has 1 aromatic rings. The number of rotatable bonds is 1. The lowest BCUT2D eigenvalue weighted by molar-refractivity contribution is -0.276. The van der Waals surface area contributed by atoms with Crippen molar-refractivity contribution in [2.45, 2.75) is 19.5 Å². The van der Waals surface area contributed by atoms with Crippen molar-refractivity contribution < 1.29 is 31.1 Å². The lowest BCUT2D eigenvalue weighted by atomic mass is 10.2. The third kappa shape index (κ3) is 3.61. The first-order valence-corrected chi connectivity index (χ1v) is 5.08. The van der Waals surface area contributed by atoms with E-state index in [-0.39, 0.29) is 9.13 Å². The number of nitrogens with zero attached hydrogens (tertiary/aromatic N) is 1. The Kier molecular flexibility index (Phi) is 3.79. The first-order valence-electron chi connectivity index (χ1n) is 4.00.